The Kier molecular flexibility index (Phi) is 6.14. The van der Waals surface area contributed by atoms with Crippen molar-refractivity contribution in [2.45, 2.75) is 16.1 Å². The van der Waals surface area contributed by atoms with Gasteiger partial charge in [-0.15, -0.1) is 11.8 Å². The maximum atomic E-state index is 6.85. The maximum Gasteiger partial charge on any atom is 0.143 e. The van der Waals surface area contributed by atoms with Crippen LogP contribution < -0.4 is 0 Å². The van der Waals surface area contributed by atoms with Crippen LogP contribution >= 0.6 is 11.8 Å². The first-order valence-corrected chi connectivity index (χ1v) is 19.1. The first-order valence-electron chi connectivity index (χ1n) is 18.2. The van der Waals surface area contributed by atoms with Crippen LogP contribution in [0.25, 0.3) is 98.8 Å². The van der Waals surface area contributed by atoms with Gasteiger partial charge < -0.3 is 8.83 Å². The molecule has 53 heavy (non-hydrogen) atoms. The van der Waals surface area contributed by atoms with E-state index in [1.807, 2.05) is 23.9 Å². The summed E-state index contributed by atoms with van der Waals surface area (Å²) in [4.78, 5) is 1.39. The van der Waals surface area contributed by atoms with Crippen LogP contribution in [0.2, 0.25) is 0 Å². The van der Waals surface area contributed by atoms with Crippen LogP contribution in [-0.2, 0) is 0 Å². The molecule has 1 aliphatic heterocycles. The smallest absolute Gasteiger partial charge is 0.143 e. The van der Waals surface area contributed by atoms with Gasteiger partial charge in [0.15, 0.2) is 0 Å². The largest absolute Gasteiger partial charge is 0.456 e. The summed E-state index contributed by atoms with van der Waals surface area (Å²) in [6, 6.07) is 52.8. The van der Waals surface area contributed by atoms with Gasteiger partial charge in [-0.25, -0.2) is 0 Å². The Hall–Kier alpha value is -6.29. The fraction of sp³-hybridized carbons (Fsp3) is 0.0400. The third-order valence-corrected chi connectivity index (χ3v) is 12.8. The summed E-state index contributed by atoms with van der Waals surface area (Å²) in [5.41, 5.74) is 12.1. The third-order valence-electron chi connectivity index (χ3n) is 11.4. The molecule has 8 aromatic carbocycles. The number of fused-ring (bicyclic) bond motifs is 11. The van der Waals surface area contributed by atoms with E-state index < -0.39 is 0 Å². The molecule has 0 saturated heterocycles. The van der Waals surface area contributed by atoms with Crippen molar-refractivity contribution in [2.24, 2.45) is 0 Å². The van der Waals surface area contributed by atoms with Gasteiger partial charge in [0, 0.05) is 43.2 Å². The monoisotopic (exact) mass is 694 g/mol. The van der Waals surface area contributed by atoms with Gasteiger partial charge in [0.1, 0.15) is 22.3 Å². The molecular weight excluding hydrogens is 665 g/mol. The fourth-order valence-electron chi connectivity index (χ4n) is 9.09. The molecule has 2 aromatic heterocycles. The van der Waals surface area contributed by atoms with E-state index in [-0.39, 0.29) is 0 Å². The van der Waals surface area contributed by atoms with E-state index in [4.69, 9.17) is 8.83 Å². The molecule has 0 fully saturated rings. The van der Waals surface area contributed by atoms with Crippen molar-refractivity contribution < 1.29 is 8.83 Å². The number of furan rings is 2. The zero-order valence-electron chi connectivity index (χ0n) is 28.5. The van der Waals surface area contributed by atoms with Crippen molar-refractivity contribution in [1.82, 2.24) is 0 Å². The molecule has 10 aromatic rings. The van der Waals surface area contributed by atoms with Gasteiger partial charge in [-0.3, -0.25) is 0 Å². The van der Waals surface area contributed by atoms with Gasteiger partial charge in [0.05, 0.1) is 0 Å². The standard InChI is InChI=1S/C50H30O2S/c1-3-15-36-34(13-1)47(30-22-26-46-41(28-30)33-12-7-10-20-45(33)53-46)35-14-2-4-16-37(35)48(36)39-24-23-31(50-49(39)38-17-6-9-19-43(38)52-50)29-21-25-44-40(27-29)32-11-5-8-18-42(32)51-44/h1-28,33,45H. The van der Waals surface area contributed by atoms with Crippen LogP contribution in [0.1, 0.15) is 11.5 Å². The Labute approximate surface area is 309 Å². The normalized spacial score (nSPS) is 16.5. The molecule has 248 valence electrons. The van der Waals surface area contributed by atoms with E-state index in [1.165, 1.54) is 54.3 Å². The van der Waals surface area contributed by atoms with Crippen LogP contribution in [0.3, 0.4) is 0 Å². The number of rotatable bonds is 3. The van der Waals surface area contributed by atoms with Gasteiger partial charge >= 0.3 is 0 Å². The summed E-state index contributed by atoms with van der Waals surface area (Å²) < 4.78 is 13.0. The summed E-state index contributed by atoms with van der Waals surface area (Å²) in [5.74, 6) is 0.408. The highest BCUT2D eigenvalue weighted by molar-refractivity contribution is 8.00. The van der Waals surface area contributed by atoms with Gasteiger partial charge in [0.25, 0.3) is 0 Å². The van der Waals surface area contributed by atoms with Crippen LogP contribution in [0.15, 0.2) is 184 Å². The molecule has 3 heteroatoms. The highest BCUT2D eigenvalue weighted by atomic mass is 32.2. The first kappa shape index (κ1) is 29.3. The Morgan fingerprint density at radius 3 is 1.81 bits per heavy atom. The molecule has 0 spiro atoms. The summed E-state index contributed by atoms with van der Waals surface area (Å²) >= 11 is 1.98. The Morgan fingerprint density at radius 2 is 1.04 bits per heavy atom. The summed E-state index contributed by atoms with van der Waals surface area (Å²) in [6.07, 6.45) is 9.10. The average molecular weight is 695 g/mol. The predicted molar refractivity (Wildman–Crippen MR) is 223 cm³/mol. The molecule has 2 atom stereocenters. The number of thioether (sulfide) groups is 1. The second kappa shape index (κ2) is 11.1. The zero-order valence-corrected chi connectivity index (χ0v) is 29.4. The lowest BCUT2D eigenvalue weighted by atomic mass is 9.83. The van der Waals surface area contributed by atoms with E-state index in [1.54, 1.807) is 0 Å². The molecular formula is C50H30O2S. The highest BCUT2D eigenvalue weighted by Crippen LogP contribution is 2.52. The summed E-state index contributed by atoms with van der Waals surface area (Å²) in [5, 5.41) is 9.93. The van der Waals surface area contributed by atoms with Crippen LogP contribution in [0.4, 0.5) is 0 Å². The van der Waals surface area contributed by atoms with Crippen molar-refractivity contribution >= 4 is 77.2 Å². The van der Waals surface area contributed by atoms with Crippen LogP contribution in [0.5, 0.6) is 0 Å². The van der Waals surface area contributed by atoms with Crippen molar-refractivity contribution in [3.63, 3.8) is 0 Å². The van der Waals surface area contributed by atoms with Crippen molar-refractivity contribution in [1.29, 1.82) is 0 Å². The second-order valence-corrected chi connectivity index (χ2v) is 15.5. The number of para-hydroxylation sites is 2. The molecule has 2 unspecified atom stereocenters. The number of benzene rings is 8. The topological polar surface area (TPSA) is 26.3 Å². The van der Waals surface area contributed by atoms with Gasteiger partial charge in [-0.2, -0.15) is 0 Å². The van der Waals surface area contributed by atoms with E-state index in [2.05, 4.69) is 158 Å². The molecule has 2 nitrogen and oxygen atoms in total. The predicted octanol–water partition coefficient (Wildman–Crippen LogP) is 14.5. The lowest BCUT2D eigenvalue weighted by Crippen LogP contribution is -2.06. The number of allylic oxidation sites excluding steroid dienone is 3. The lowest BCUT2D eigenvalue weighted by molar-refractivity contribution is 0.668. The fourth-order valence-corrected chi connectivity index (χ4v) is 10.4. The molecule has 0 amide bonds. The van der Waals surface area contributed by atoms with Gasteiger partial charge in [0.2, 0.25) is 0 Å². The van der Waals surface area contributed by atoms with Crippen molar-refractivity contribution in [3.05, 3.63) is 175 Å². The van der Waals surface area contributed by atoms with Gasteiger partial charge in [-0.05, 0) is 97.4 Å². The molecule has 2 aliphatic rings. The molecule has 0 N–H and O–H groups in total. The average Bonchev–Trinajstić information content (AvgIpc) is 3.91. The summed E-state index contributed by atoms with van der Waals surface area (Å²) in [7, 11) is 0. The number of hydrogen-bond donors (Lipinski definition) is 0. The molecule has 0 radical (unpaired) electrons. The molecule has 0 saturated carbocycles. The van der Waals surface area contributed by atoms with Crippen molar-refractivity contribution in [3.8, 4) is 33.4 Å². The minimum absolute atomic E-state index is 0.408. The van der Waals surface area contributed by atoms with Gasteiger partial charge in [-0.1, -0.05) is 127 Å². The van der Waals surface area contributed by atoms with E-state index >= 15 is 0 Å². The Bertz CT molecular complexity index is 3170. The SMILES string of the molecule is C1=CC2Sc3ccc(-c4c5ccccc5c(-c5ccc(-c6ccc7oc8ccccc8c7c6)c6oc7ccccc7c56)c5ccccc45)cc3C2C=C1. The quantitative estimate of drug-likeness (QED) is 0.172. The maximum absolute atomic E-state index is 6.85. The lowest BCUT2D eigenvalue weighted by Gasteiger charge is -2.19. The second-order valence-electron chi connectivity index (χ2n) is 14.2. The van der Waals surface area contributed by atoms with E-state index in [0.717, 1.165) is 55.0 Å². The molecule has 1 aliphatic carbocycles. The Morgan fingerprint density at radius 1 is 0.434 bits per heavy atom. The summed E-state index contributed by atoms with van der Waals surface area (Å²) in [6.45, 7) is 0. The van der Waals surface area contributed by atoms with Crippen LogP contribution in [0, 0.1) is 0 Å². The molecule has 0 bridgehead atoms. The highest BCUT2D eigenvalue weighted by Gasteiger charge is 2.31. The minimum atomic E-state index is 0.408. The van der Waals surface area contributed by atoms with E-state index in [0.29, 0.717) is 11.2 Å². The van der Waals surface area contributed by atoms with E-state index in [9.17, 15) is 0 Å². The number of hydrogen-bond acceptors (Lipinski definition) is 3. The molecule has 12 rings (SSSR count). The zero-order chi connectivity index (χ0) is 34.6. The Balaban J connectivity index is 1.13. The first-order chi connectivity index (χ1) is 26.3. The third kappa shape index (κ3) is 4.23. The van der Waals surface area contributed by atoms with Crippen molar-refractivity contribution in [2.75, 3.05) is 0 Å². The van der Waals surface area contributed by atoms with Crippen LogP contribution in [-0.4, -0.2) is 5.25 Å². The molecule has 3 heterocycles. The minimum Gasteiger partial charge on any atom is -0.456 e.